The van der Waals surface area contributed by atoms with Crippen LogP contribution in [0.1, 0.15) is 23.7 Å². The summed E-state index contributed by atoms with van der Waals surface area (Å²) in [6.45, 7) is 2.57. The van der Waals surface area contributed by atoms with Gasteiger partial charge in [0.15, 0.2) is 0 Å². The van der Waals surface area contributed by atoms with Crippen molar-refractivity contribution in [1.29, 1.82) is 0 Å². The number of rotatable bonds is 6. The third-order valence-corrected chi connectivity index (χ3v) is 4.29. The number of benzene rings is 3. The number of hydrogen-bond donors (Lipinski definition) is 0. The molecule has 0 aromatic heterocycles. The summed E-state index contributed by atoms with van der Waals surface area (Å²) in [6, 6.07) is 22.9. The molecule has 0 radical (unpaired) electrons. The first-order valence-electron chi connectivity index (χ1n) is 8.47. The van der Waals surface area contributed by atoms with Crippen LogP contribution in [-0.4, -0.2) is 12.6 Å². The van der Waals surface area contributed by atoms with Crippen molar-refractivity contribution in [3.05, 3.63) is 82.8 Å². The minimum absolute atomic E-state index is 0.403. The van der Waals surface area contributed by atoms with Gasteiger partial charge in [0.25, 0.3) is 0 Å². The van der Waals surface area contributed by atoms with Crippen molar-refractivity contribution in [1.82, 2.24) is 0 Å². The topological polar surface area (TPSA) is 35.5 Å². The fourth-order valence-corrected chi connectivity index (χ4v) is 2.87. The predicted octanol–water partition coefficient (Wildman–Crippen LogP) is 6.12. The fraction of sp³-hybridized carbons (Fsp3) is 0.136. The van der Waals surface area contributed by atoms with Gasteiger partial charge in [-0.15, -0.1) is 0 Å². The van der Waals surface area contributed by atoms with E-state index in [9.17, 15) is 4.79 Å². The van der Waals surface area contributed by atoms with E-state index in [-0.39, 0.29) is 0 Å². The van der Waals surface area contributed by atoms with Crippen molar-refractivity contribution in [2.24, 2.45) is 0 Å². The van der Waals surface area contributed by atoms with E-state index in [1.165, 1.54) is 0 Å². The summed E-state index contributed by atoms with van der Waals surface area (Å²) in [5.41, 5.74) is 2.59. The van der Waals surface area contributed by atoms with Crippen LogP contribution in [0.4, 0.5) is 0 Å². The third-order valence-electron chi connectivity index (χ3n) is 3.80. The summed E-state index contributed by atoms with van der Waals surface area (Å²) in [5.74, 6) is 0.585. The van der Waals surface area contributed by atoms with Crippen molar-refractivity contribution in [2.75, 3.05) is 6.61 Å². The molecular weight excluding hydrogens is 392 g/mol. The molecule has 0 saturated carbocycles. The van der Waals surface area contributed by atoms with Gasteiger partial charge >= 0.3 is 5.97 Å². The molecule has 3 nitrogen and oxygen atoms in total. The Labute approximate surface area is 161 Å². The molecule has 0 N–H and O–H groups in total. The number of carbonyl (C=O) groups is 1. The molecule has 0 atom stereocenters. The van der Waals surface area contributed by atoms with Crippen LogP contribution in [0.15, 0.2) is 77.3 Å². The Morgan fingerprint density at radius 3 is 2.31 bits per heavy atom. The first-order chi connectivity index (χ1) is 12.7. The Morgan fingerprint density at radius 1 is 0.923 bits per heavy atom. The van der Waals surface area contributed by atoms with Crippen molar-refractivity contribution >= 4 is 21.9 Å². The molecule has 0 fully saturated rings. The van der Waals surface area contributed by atoms with E-state index in [0.717, 1.165) is 22.0 Å². The highest BCUT2D eigenvalue weighted by atomic mass is 79.9. The maximum absolute atomic E-state index is 12.6. The van der Waals surface area contributed by atoms with Gasteiger partial charge in [-0.3, -0.25) is 0 Å². The molecule has 0 aliphatic rings. The maximum Gasteiger partial charge on any atom is 0.347 e. The Morgan fingerprint density at radius 2 is 1.62 bits per heavy atom. The number of ether oxygens (including phenoxy) is 2. The number of carbonyl (C=O) groups excluding carboxylic acids is 1. The lowest BCUT2D eigenvalue weighted by atomic mass is 10.1. The molecule has 3 aromatic carbocycles. The highest BCUT2D eigenvalue weighted by Gasteiger charge is 2.16. The zero-order valence-electron chi connectivity index (χ0n) is 14.4. The molecule has 0 spiro atoms. The maximum atomic E-state index is 12.6. The monoisotopic (exact) mass is 410 g/mol. The molecule has 0 heterocycles. The van der Waals surface area contributed by atoms with Gasteiger partial charge in [-0.25, -0.2) is 4.79 Å². The Kier molecular flexibility index (Phi) is 6.08. The van der Waals surface area contributed by atoms with E-state index in [0.29, 0.717) is 23.7 Å². The zero-order chi connectivity index (χ0) is 18.4. The molecule has 0 bridgehead atoms. The van der Waals surface area contributed by atoms with E-state index < -0.39 is 5.97 Å². The summed E-state index contributed by atoms with van der Waals surface area (Å²) in [5, 5.41) is 0. The molecule has 3 aromatic rings. The average molecular weight is 411 g/mol. The summed E-state index contributed by atoms with van der Waals surface area (Å²) < 4.78 is 12.0. The van der Waals surface area contributed by atoms with Crippen LogP contribution in [0.5, 0.6) is 11.5 Å². The first-order valence-corrected chi connectivity index (χ1v) is 9.26. The minimum Gasteiger partial charge on any atom is -0.493 e. The second kappa shape index (κ2) is 8.68. The lowest BCUT2D eigenvalue weighted by Gasteiger charge is -2.11. The number of halogens is 1. The second-order valence-corrected chi connectivity index (χ2v) is 6.68. The van der Waals surface area contributed by atoms with Gasteiger partial charge in [-0.05, 0) is 47.9 Å². The fourth-order valence-electron chi connectivity index (χ4n) is 2.51. The predicted molar refractivity (Wildman–Crippen MR) is 107 cm³/mol. The highest BCUT2D eigenvalue weighted by Crippen LogP contribution is 2.26. The molecule has 4 heteroatoms. The van der Waals surface area contributed by atoms with Crippen molar-refractivity contribution in [2.45, 2.75) is 13.3 Å². The van der Waals surface area contributed by atoms with E-state index >= 15 is 0 Å². The van der Waals surface area contributed by atoms with E-state index in [4.69, 9.17) is 9.47 Å². The zero-order valence-corrected chi connectivity index (χ0v) is 16.0. The van der Waals surface area contributed by atoms with Crippen LogP contribution < -0.4 is 9.47 Å². The van der Waals surface area contributed by atoms with E-state index in [1.54, 1.807) is 24.3 Å². The standard InChI is InChI=1S/C22H19BrO3/c1-2-14-25-21-13-10-18(23)15-20(21)22(24)26-19-11-8-17(9-12-19)16-6-4-3-5-7-16/h3-13,15H,2,14H2,1H3. The first kappa shape index (κ1) is 18.2. The van der Waals surface area contributed by atoms with Crippen LogP contribution in [0.25, 0.3) is 11.1 Å². The Hall–Kier alpha value is -2.59. The van der Waals surface area contributed by atoms with Crippen LogP contribution >= 0.6 is 15.9 Å². The average Bonchev–Trinajstić information content (AvgIpc) is 2.68. The molecule has 0 amide bonds. The van der Waals surface area contributed by atoms with Gasteiger partial charge in [0.05, 0.1) is 6.61 Å². The van der Waals surface area contributed by atoms with Crippen LogP contribution in [0, 0.1) is 0 Å². The molecule has 26 heavy (non-hydrogen) atoms. The molecule has 0 aliphatic heterocycles. The smallest absolute Gasteiger partial charge is 0.347 e. The second-order valence-electron chi connectivity index (χ2n) is 5.77. The SMILES string of the molecule is CCCOc1ccc(Br)cc1C(=O)Oc1ccc(-c2ccccc2)cc1. The summed E-state index contributed by atoms with van der Waals surface area (Å²) in [7, 11) is 0. The van der Waals surface area contributed by atoms with E-state index in [1.807, 2.05) is 55.5 Å². The quantitative estimate of drug-likeness (QED) is 0.362. The molecule has 3 rings (SSSR count). The molecule has 0 unspecified atom stereocenters. The normalized spacial score (nSPS) is 10.4. The third kappa shape index (κ3) is 4.52. The van der Waals surface area contributed by atoms with Gasteiger partial charge < -0.3 is 9.47 Å². The van der Waals surface area contributed by atoms with Crippen LogP contribution in [0.3, 0.4) is 0 Å². The Balaban J connectivity index is 1.77. The molecule has 0 aliphatic carbocycles. The number of hydrogen-bond acceptors (Lipinski definition) is 3. The lowest BCUT2D eigenvalue weighted by Crippen LogP contribution is -2.11. The van der Waals surface area contributed by atoms with E-state index in [2.05, 4.69) is 15.9 Å². The van der Waals surface area contributed by atoms with Gasteiger partial charge in [-0.2, -0.15) is 0 Å². The number of esters is 1. The largest absolute Gasteiger partial charge is 0.493 e. The van der Waals surface area contributed by atoms with Crippen LogP contribution in [0.2, 0.25) is 0 Å². The summed E-state index contributed by atoms with van der Waals surface area (Å²) in [4.78, 5) is 12.6. The Bertz CT molecular complexity index is 874. The molecular formula is C22H19BrO3. The van der Waals surface area contributed by atoms with Crippen LogP contribution in [-0.2, 0) is 0 Å². The minimum atomic E-state index is -0.440. The molecule has 132 valence electrons. The van der Waals surface area contributed by atoms with Crippen molar-refractivity contribution in [3.8, 4) is 22.6 Å². The highest BCUT2D eigenvalue weighted by molar-refractivity contribution is 9.10. The van der Waals surface area contributed by atoms with Gasteiger partial charge in [0, 0.05) is 4.47 Å². The molecule has 0 saturated heterocycles. The van der Waals surface area contributed by atoms with Crippen molar-refractivity contribution in [3.63, 3.8) is 0 Å². The summed E-state index contributed by atoms with van der Waals surface area (Å²) in [6.07, 6.45) is 0.867. The lowest BCUT2D eigenvalue weighted by molar-refractivity contribution is 0.0730. The van der Waals surface area contributed by atoms with Crippen molar-refractivity contribution < 1.29 is 14.3 Å². The van der Waals surface area contributed by atoms with Gasteiger partial charge in [0.2, 0.25) is 0 Å². The summed E-state index contributed by atoms with van der Waals surface area (Å²) >= 11 is 3.39. The van der Waals surface area contributed by atoms with Gasteiger partial charge in [0.1, 0.15) is 17.1 Å². The van der Waals surface area contributed by atoms with Gasteiger partial charge in [-0.1, -0.05) is 65.3 Å².